The third-order valence-electron chi connectivity index (χ3n) is 1.45. The van der Waals surface area contributed by atoms with E-state index in [1.807, 2.05) is 12.1 Å². The van der Waals surface area contributed by atoms with Gasteiger partial charge in [0.25, 0.3) is 5.97 Å². The molecule has 0 aromatic heterocycles. The predicted octanol–water partition coefficient (Wildman–Crippen LogP) is 2.41. The van der Waals surface area contributed by atoms with Crippen LogP contribution in [0.3, 0.4) is 0 Å². The van der Waals surface area contributed by atoms with E-state index in [4.69, 9.17) is 42.9 Å². The fraction of sp³-hybridized carbons (Fsp3) is 0.364. The van der Waals surface area contributed by atoms with Crippen LogP contribution >= 0.6 is 23.2 Å². The summed E-state index contributed by atoms with van der Waals surface area (Å²) < 4.78 is 5.22. The maximum atomic E-state index is 9.11. The van der Waals surface area contributed by atoms with Crippen LogP contribution in [0, 0.1) is 0 Å². The molecule has 2 N–H and O–H groups in total. The van der Waals surface area contributed by atoms with Crippen LogP contribution in [0.2, 0.25) is 5.02 Å². The molecule has 0 spiro atoms. The summed E-state index contributed by atoms with van der Waals surface area (Å²) in [6.45, 7) is 1.24. The van der Waals surface area contributed by atoms with Crippen LogP contribution < -0.4 is 4.74 Å². The maximum absolute atomic E-state index is 9.11. The quantitative estimate of drug-likeness (QED) is 0.832. The number of rotatable bonds is 4. The molecule has 0 bridgehead atoms. The fourth-order valence-corrected chi connectivity index (χ4v) is 1.07. The molecule has 0 aliphatic carbocycles. The van der Waals surface area contributed by atoms with Gasteiger partial charge in [0.1, 0.15) is 18.5 Å². The number of halogens is 2. The minimum Gasteiger partial charge on any atom is -0.489 e. The molecule has 17 heavy (non-hydrogen) atoms. The first kappa shape index (κ1) is 16.0. The van der Waals surface area contributed by atoms with Gasteiger partial charge in [0.2, 0.25) is 0 Å². The molecule has 1 rings (SSSR count). The molecule has 0 saturated heterocycles. The Hall–Kier alpha value is -0.970. The van der Waals surface area contributed by atoms with Crippen molar-refractivity contribution in [2.45, 2.75) is 13.0 Å². The van der Waals surface area contributed by atoms with Crippen LogP contribution in [0.15, 0.2) is 24.3 Å². The van der Waals surface area contributed by atoms with Gasteiger partial charge in [-0.15, -0.1) is 11.6 Å². The summed E-state index contributed by atoms with van der Waals surface area (Å²) in [6, 6.07) is 7.09. The average molecular weight is 281 g/mol. The van der Waals surface area contributed by atoms with E-state index in [2.05, 4.69) is 0 Å². The minimum atomic E-state index is -0.833. The Bertz CT molecular complexity index is 340. The summed E-state index contributed by atoms with van der Waals surface area (Å²) in [5.74, 6) is -0.113. The second-order valence-electron chi connectivity index (χ2n) is 3.07. The van der Waals surface area contributed by atoms with E-state index in [1.165, 1.54) is 0 Å². The van der Waals surface area contributed by atoms with Gasteiger partial charge in [0.15, 0.2) is 0 Å². The maximum Gasteiger partial charge on any atom is 0.300 e. The molecule has 6 heteroatoms. The zero-order valence-electron chi connectivity index (χ0n) is 9.27. The largest absolute Gasteiger partial charge is 0.489 e. The van der Waals surface area contributed by atoms with E-state index in [-0.39, 0.29) is 12.5 Å². The zero-order chi connectivity index (χ0) is 13.3. The molecule has 0 aliphatic rings. The van der Waals surface area contributed by atoms with Crippen molar-refractivity contribution in [3.8, 4) is 5.75 Å². The second kappa shape index (κ2) is 9.10. The number of aliphatic hydroxyl groups is 1. The minimum absolute atomic E-state index is 0.157. The lowest BCUT2D eigenvalue weighted by Crippen LogP contribution is -2.18. The molecule has 1 aromatic carbocycles. The third kappa shape index (κ3) is 8.80. The van der Waals surface area contributed by atoms with Gasteiger partial charge in [0, 0.05) is 6.92 Å². The molecule has 0 fully saturated rings. The first-order chi connectivity index (χ1) is 7.97. The highest BCUT2D eigenvalue weighted by Gasteiger charge is 2.04. The topological polar surface area (TPSA) is 66.8 Å². The summed E-state index contributed by atoms with van der Waals surface area (Å²) >= 11 is 11.2. The number of carbonyl (C=O) groups is 1. The van der Waals surface area contributed by atoms with Gasteiger partial charge in [-0.25, -0.2) is 0 Å². The van der Waals surface area contributed by atoms with Gasteiger partial charge >= 0.3 is 0 Å². The summed E-state index contributed by atoms with van der Waals surface area (Å²) in [4.78, 5) is 9.00. The van der Waals surface area contributed by atoms with Crippen LogP contribution in [0.1, 0.15) is 6.92 Å². The summed E-state index contributed by atoms with van der Waals surface area (Å²) in [7, 11) is 0. The highest BCUT2D eigenvalue weighted by molar-refractivity contribution is 6.32. The van der Waals surface area contributed by atoms with Gasteiger partial charge in [-0.3, -0.25) is 4.79 Å². The van der Waals surface area contributed by atoms with Crippen molar-refractivity contribution in [1.29, 1.82) is 0 Å². The molecular weight excluding hydrogens is 267 g/mol. The van der Waals surface area contributed by atoms with Gasteiger partial charge < -0.3 is 14.9 Å². The Kier molecular flexibility index (Phi) is 8.58. The molecule has 0 heterocycles. The first-order valence-corrected chi connectivity index (χ1v) is 5.69. The third-order valence-corrected chi connectivity index (χ3v) is 2.11. The summed E-state index contributed by atoms with van der Waals surface area (Å²) in [6.07, 6.45) is -0.655. The molecular formula is C11H14Cl2O4. The average Bonchev–Trinajstić information content (AvgIpc) is 2.27. The molecule has 0 aliphatic heterocycles. The smallest absolute Gasteiger partial charge is 0.300 e. The number of carboxylic acids is 1. The Morgan fingerprint density at radius 2 is 2.00 bits per heavy atom. The number of hydrogen-bond acceptors (Lipinski definition) is 3. The Balaban J connectivity index is 0.000000557. The number of benzene rings is 1. The highest BCUT2D eigenvalue weighted by atomic mass is 35.5. The normalized spacial score (nSPS) is 11.1. The fourth-order valence-electron chi connectivity index (χ4n) is 0.792. The number of carboxylic acid groups (broad SMARTS) is 1. The highest BCUT2D eigenvalue weighted by Crippen LogP contribution is 2.23. The number of ether oxygens (including phenoxy) is 1. The van der Waals surface area contributed by atoms with Gasteiger partial charge in [-0.1, -0.05) is 23.7 Å². The first-order valence-electron chi connectivity index (χ1n) is 4.78. The van der Waals surface area contributed by atoms with Gasteiger partial charge in [0.05, 0.1) is 10.9 Å². The molecule has 0 saturated carbocycles. The summed E-state index contributed by atoms with van der Waals surface area (Å²) in [5.41, 5.74) is 0. The SMILES string of the molecule is CC(=O)O.OC(CCl)COc1ccccc1Cl. The lowest BCUT2D eigenvalue weighted by Gasteiger charge is -2.10. The van der Waals surface area contributed by atoms with Crippen LogP contribution in [0.25, 0.3) is 0 Å². The lowest BCUT2D eigenvalue weighted by atomic mass is 10.3. The Morgan fingerprint density at radius 1 is 1.47 bits per heavy atom. The standard InChI is InChI=1S/C9H10Cl2O2.C2H4O2/c10-5-7(12)6-13-9-4-2-1-3-8(9)11;1-2(3)4/h1-4,7,12H,5-6H2;1H3,(H,3,4). The van der Waals surface area contributed by atoms with Crippen LogP contribution in [-0.4, -0.2) is 34.8 Å². The summed E-state index contributed by atoms with van der Waals surface area (Å²) in [5, 5.41) is 17.1. The van der Waals surface area contributed by atoms with Crippen molar-refractivity contribution in [2.75, 3.05) is 12.5 Å². The van der Waals surface area contributed by atoms with E-state index < -0.39 is 12.1 Å². The number of aliphatic carboxylic acids is 1. The molecule has 96 valence electrons. The van der Waals surface area contributed by atoms with E-state index in [0.717, 1.165) is 6.92 Å². The van der Waals surface area contributed by atoms with E-state index >= 15 is 0 Å². The van der Waals surface area contributed by atoms with E-state index in [9.17, 15) is 0 Å². The van der Waals surface area contributed by atoms with Crippen LogP contribution in [0.4, 0.5) is 0 Å². The molecule has 0 radical (unpaired) electrons. The predicted molar refractivity (Wildman–Crippen MR) is 67.0 cm³/mol. The number of para-hydroxylation sites is 1. The monoisotopic (exact) mass is 280 g/mol. The molecule has 0 amide bonds. The number of aliphatic hydroxyl groups excluding tert-OH is 1. The van der Waals surface area contributed by atoms with Crippen LogP contribution in [-0.2, 0) is 4.79 Å². The van der Waals surface area contributed by atoms with Gasteiger partial charge in [-0.2, -0.15) is 0 Å². The molecule has 1 atom stereocenters. The van der Waals surface area contributed by atoms with Gasteiger partial charge in [-0.05, 0) is 12.1 Å². The number of hydrogen-bond donors (Lipinski definition) is 2. The molecule has 1 aromatic rings. The Labute approximate surface area is 110 Å². The second-order valence-corrected chi connectivity index (χ2v) is 3.78. The van der Waals surface area contributed by atoms with Crippen molar-refractivity contribution in [3.05, 3.63) is 29.3 Å². The van der Waals surface area contributed by atoms with E-state index in [0.29, 0.717) is 10.8 Å². The Morgan fingerprint density at radius 3 is 2.47 bits per heavy atom. The van der Waals surface area contributed by atoms with Crippen molar-refractivity contribution in [1.82, 2.24) is 0 Å². The van der Waals surface area contributed by atoms with Crippen molar-refractivity contribution < 1.29 is 19.7 Å². The van der Waals surface area contributed by atoms with Crippen LogP contribution in [0.5, 0.6) is 5.75 Å². The van der Waals surface area contributed by atoms with E-state index in [1.54, 1.807) is 12.1 Å². The van der Waals surface area contributed by atoms with Crippen molar-refractivity contribution in [3.63, 3.8) is 0 Å². The molecule has 4 nitrogen and oxygen atoms in total. The number of alkyl halides is 1. The van der Waals surface area contributed by atoms with Crippen molar-refractivity contribution in [2.24, 2.45) is 0 Å². The zero-order valence-corrected chi connectivity index (χ0v) is 10.8. The lowest BCUT2D eigenvalue weighted by molar-refractivity contribution is -0.134. The van der Waals surface area contributed by atoms with Crippen molar-refractivity contribution >= 4 is 29.2 Å². The molecule has 1 unspecified atom stereocenters.